The topological polar surface area (TPSA) is 90.9 Å². The van der Waals surface area contributed by atoms with Gasteiger partial charge in [0.1, 0.15) is 6.10 Å². The van der Waals surface area contributed by atoms with Crippen molar-refractivity contribution in [2.24, 2.45) is 7.05 Å². The Balaban J connectivity index is 1.43. The molecule has 0 radical (unpaired) electrons. The molecule has 136 valence electrons. The lowest BCUT2D eigenvalue weighted by Gasteiger charge is -2.18. The van der Waals surface area contributed by atoms with E-state index in [0.29, 0.717) is 18.3 Å². The third-order valence-electron chi connectivity index (χ3n) is 4.56. The molecular weight excluding hydrogens is 332 g/mol. The average molecular weight is 354 g/mol. The molecule has 0 unspecified atom stereocenters. The summed E-state index contributed by atoms with van der Waals surface area (Å²) in [7, 11) is 1.93. The van der Waals surface area contributed by atoms with E-state index in [1.807, 2.05) is 37.8 Å². The first-order valence-corrected chi connectivity index (χ1v) is 8.70. The third kappa shape index (κ3) is 3.38. The van der Waals surface area contributed by atoms with Gasteiger partial charge in [-0.05, 0) is 31.9 Å². The Kier molecular flexibility index (Phi) is 4.52. The second-order valence-electron chi connectivity index (χ2n) is 6.68. The van der Waals surface area contributed by atoms with Crippen LogP contribution in [0.2, 0.25) is 0 Å². The van der Waals surface area contributed by atoms with Crippen molar-refractivity contribution in [3.8, 4) is 11.5 Å². The van der Waals surface area contributed by atoms with Crippen LogP contribution in [-0.2, 0) is 18.3 Å². The van der Waals surface area contributed by atoms with Gasteiger partial charge in [-0.25, -0.2) is 0 Å². The van der Waals surface area contributed by atoms with Crippen LogP contribution >= 0.6 is 0 Å². The van der Waals surface area contributed by atoms with E-state index < -0.39 is 0 Å². The molecule has 8 nitrogen and oxygen atoms in total. The van der Waals surface area contributed by atoms with Crippen molar-refractivity contribution in [2.45, 2.75) is 39.0 Å². The summed E-state index contributed by atoms with van der Waals surface area (Å²) in [6.45, 7) is 5.24. The van der Waals surface area contributed by atoms with Crippen LogP contribution in [0.4, 0.5) is 0 Å². The molecule has 0 bridgehead atoms. The van der Waals surface area contributed by atoms with Crippen molar-refractivity contribution in [3.05, 3.63) is 47.3 Å². The lowest BCUT2D eigenvalue weighted by Crippen LogP contribution is -2.31. The maximum atomic E-state index is 5.93. The zero-order valence-corrected chi connectivity index (χ0v) is 15.1. The lowest BCUT2D eigenvalue weighted by molar-refractivity contribution is 0.0977. The number of ether oxygens (including phenoxy) is 1. The molecule has 3 aromatic heterocycles. The Hall–Kier alpha value is -2.58. The number of pyridine rings is 1. The highest BCUT2D eigenvalue weighted by atomic mass is 16.5. The summed E-state index contributed by atoms with van der Waals surface area (Å²) in [5, 5.41) is 12.0. The summed E-state index contributed by atoms with van der Waals surface area (Å²) >= 11 is 0. The number of rotatable bonds is 5. The molecule has 0 spiro atoms. The van der Waals surface area contributed by atoms with Crippen molar-refractivity contribution in [1.29, 1.82) is 0 Å². The lowest BCUT2D eigenvalue weighted by atomic mass is 10.0. The second kappa shape index (κ2) is 6.97. The van der Waals surface area contributed by atoms with Crippen LogP contribution in [0.15, 0.2) is 29.2 Å². The molecule has 1 fully saturated rings. The monoisotopic (exact) mass is 354 g/mol. The van der Waals surface area contributed by atoms with Gasteiger partial charge in [0.05, 0.1) is 17.8 Å². The summed E-state index contributed by atoms with van der Waals surface area (Å²) in [5.41, 5.74) is 4.01. The van der Waals surface area contributed by atoms with Gasteiger partial charge in [-0.15, -0.1) is 0 Å². The van der Waals surface area contributed by atoms with E-state index in [9.17, 15) is 0 Å². The fraction of sp³-hybridized carbons (Fsp3) is 0.444. The first-order valence-electron chi connectivity index (χ1n) is 8.70. The minimum Gasteiger partial charge on any atom is -0.372 e. The molecule has 4 rings (SSSR count). The van der Waals surface area contributed by atoms with Gasteiger partial charge in [0.15, 0.2) is 5.82 Å². The summed E-state index contributed by atoms with van der Waals surface area (Å²) in [5.74, 6) is 1.11. The molecule has 0 aliphatic carbocycles. The number of aryl methyl sites for hydroxylation is 3. The molecule has 2 atom stereocenters. The van der Waals surface area contributed by atoms with Gasteiger partial charge < -0.3 is 14.6 Å². The van der Waals surface area contributed by atoms with Crippen LogP contribution in [0.25, 0.3) is 11.5 Å². The highest BCUT2D eigenvalue weighted by Gasteiger charge is 2.31. The van der Waals surface area contributed by atoms with Gasteiger partial charge in [0.2, 0.25) is 0 Å². The van der Waals surface area contributed by atoms with Crippen LogP contribution in [0.1, 0.15) is 35.2 Å². The van der Waals surface area contributed by atoms with Crippen LogP contribution < -0.4 is 5.32 Å². The van der Waals surface area contributed by atoms with Gasteiger partial charge in [0, 0.05) is 43.9 Å². The standard InChI is InChI=1S/C18H22N6O2/c1-11-6-13(8-19-7-11)18-21-16(23-26-18)9-20-15-4-5-25-17(15)14-10-24(3)22-12(14)2/h6-8,10,15,17,20H,4-5,9H2,1-3H3/t15-,17+/m0/s1. The normalized spacial score (nSPS) is 20.0. The minimum atomic E-state index is -0.00366. The molecule has 0 saturated carbocycles. The number of aromatic nitrogens is 5. The third-order valence-corrected chi connectivity index (χ3v) is 4.56. The summed E-state index contributed by atoms with van der Waals surface area (Å²) in [4.78, 5) is 8.63. The van der Waals surface area contributed by atoms with Gasteiger partial charge in [-0.1, -0.05) is 5.16 Å². The molecule has 1 aliphatic rings. The Bertz CT molecular complexity index is 903. The van der Waals surface area contributed by atoms with Crippen molar-refractivity contribution >= 4 is 0 Å². The smallest absolute Gasteiger partial charge is 0.259 e. The fourth-order valence-electron chi connectivity index (χ4n) is 3.34. The molecular formula is C18H22N6O2. The predicted octanol–water partition coefficient (Wildman–Crippen LogP) is 2.10. The largest absolute Gasteiger partial charge is 0.372 e. The Morgan fingerprint density at radius 3 is 2.96 bits per heavy atom. The van der Waals surface area contributed by atoms with E-state index in [1.54, 1.807) is 12.4 Å². The quantitative estimate of drug-likeness (QED) is 0.750. The maximum absolute atomic E-state index is 5.93. The van der Waals surface area contributed by atoms with Gasteiger partial charge in [-0.2, -0.15) is 10.1 Å². The summed E-state index contributed by atoms with van der Waals surface area (Å²) in [6, 6.07) is 2.17. The van der Waals surface area contributed by atoms with E-state index >= 15 is 0 Å². The second-order valence-corrected chi connectivity index (χ2v) is 6.68. The number of hydrogen-bond donors (Lipinski definition) is 1. The van der Waals surface area contributed by atoms with Crippen molar-refractivity contribution < 1.29 is 9.26 Å². The van der Waals surface area contributed by atoms with Gasteiger partial charge in [-0.3, -0.25) is 9.67 Å². The van der Waals surface area contributed by atoms with Crippen molar-refractivity contribution in [3.63, 3.8) is 0 Å². The first kappa shape index (κ1) is 16.9. The molecule has 1 aliphatic heterocycles. The molecule has 3 aromatic rings. The highest BCUT2D eigenvalue weighted by molar-refractivity contribution is 5.51. The Labute approximate surface area is 151 Å². The Morgan fingerprint density at radius 1 is 1.31 bits per heavy atom. The molecule has 0 amide bonds. The maximum Gasteiger partial charge on any atom is 0.259 e. The Morgan fingerprint density at radius 2 is 2.19 bits per heavy atom. The highest BCUT2D eigenvalue weighted by Crippen LogP contribution is 2.31. The van der Waals surface area contributed by atoms with Crippen LogP contribution in [0, 0.1) is 13.8 Å². The van der Waals surface area contributed by atoms with Crippen LogP contribution in [0.5, 0.6) is 0 Å². The number of nitrogens with one attached hydrogen (secondary N) is 1. The van der Waals surface area contributed by atoms with Crippen molar-refractivity contribution in [2.75, 3.05) is 6.61 Å². The molecule has 0 aromatic carbocycles. The van der Waals surface area contributed by atoms with E-state index in [-0.39, 0.29) is 12.1 Å². The zero-order valence-electron chi connectivity index (χ0n) is 15.1. The van der Waals surface area contributed by atoms with Crippen molar-refractivity contribution in [1.82, 2.24) is 30.2 Å². The average Bonchev–Trinajstić information content (AvgIpc) is 3.32. The van der Waals surface area contributed by atoms with Gasteiger partial charge in [0.25, 0.3) is 5.89 Å². The SMILES string of the molecule is Cc1cncc(-c2nc(CN[C@H]3CCO[C@@H]3c3cn(C)nc3C)no2)c1. The number of nitrogens with zero attached hydrogens (tertiary/aromatic N) is 5. The molecule has 1 N–H and O–H groups in total. The molecule has 8 heteroatoms. The van der Waals surface area contributed by atoms with Crippen LogP contribution in [-0.4, -0.2) is 37.6 Å². The molecule has 26 heavy (non-hydrogen) atoms. The van der Waals surface area contributed by atoms with E-state index in [0.717, 1.165) is 35.4 Å². The van der Waals surface area contributed by atoms with E-state index in [2.05, 4.69) is 25.5 Å². The minimum absolute atomic E-state index is 0.00366. The molecule has 1 saturated heterocycles. The van der Waals surface area contributed by atoms with E-state index in [1.165, 1.54) is 0 Å². The summed E-state index contributed by atoms with van der Waals surface area (Å²) < 4.78 is 13.1. The fourth-order valence-corrected chi connectivity index (χ4v) is 3.34. The van der Waals surface area contributed by atoms with E-state index in [4.69, 9.17) is 9.26 Å². The number of hydrogen-bond acceptors (Lipinski definition) is 7. The first-order chi connectivity index (χ1) is 12.6. The predicted molar refractivity (Wildman–Crippen MR) is 94.1 cm³/mol. The molecule has 4 heterocycles. The van der Waals surface area contributed by atoms with Gasteiger partial charge >= 0.3 is 0 Å². The summed E-state index contributed by atoms with van der Waals surface area (Å²) in [6.07, 6.45) is 6.48. The van der Waals surface area contributed by atoms with Crippen LogP contribution in [0.3, 0.4) is 0 Å². The zero-order chi connectivity index (χ0) is 18.1.